The first-order valence-electron chi connectivity index (χ1n) is 10.6. The summed E-state index contributed by atoms with van der Waals surface area (Å²) in [6.45, 7) is 4.83. The number of nitrogens with zero attached hydrogens (tertiary/aromatic N) is 1. The first-order chi connectivity index (χ1) is 14.2. The van der Waals surface area contributed by atoms with Crippen molar-refractivity contribution in [3.8, 4) is 5.75 Å². The third-order valence-corrected chi connectivity index (χ3v) is 5.08. The average Bonchev–Trinajstić information content (AvgIpc) is 2.77. The first kappa shape index (κ1) is 20.9. The van der Waals surface area contributed by atoms with Gasteiger partial charge >= 0.3 is 0 Å². The predicted octanol–water partition coefficient (Wildman–Crippen LogP) is 5.07. The van der Waals surface area contributed by atoms with Gasteiger partial charge in [-0.05, 0) is 68.1 Å². The maximum absolute atomic E-state index is 12.4. The van der Waals surface area contributed by atoms with Crippen LogP contribution < -0.4 is 15.0 Å². The van der Waals surface area contributed by atoms with E-state index in [4.69, 9.17) is 4.74 Å². The van der Waals surface area contributed by atoms with Crippen LogP contribution in [0.15, 0.2) is 48.5 Å². The van der Waals surface area contributed by atoms with Gasteiger partial charge in [0.2, 0.25) is 5.91 Å². The number of ether oxygens (including phenoxy) is 1. The number of carbonyl (C=O) groups excluding carboxylic acids is 2. The number of hydrogen-bond acceptors (Lipinski definition) is 4. The number of piperidine rings is 1. The van der Waals surface area contributed by atoms with Gasteiger partial charge in [-0.2, -0.15) is 0 Å². The van der Waals surface area contributed by atoms with Crippen molar-refractivity contribution < 1.29 is 14.3 Å². The van der Waals surface area contributed by atoms with E-state index in [2.05, 4.69) is 16.3 Å². The van der Waals surface area contributed by atoms with Gasteiger partial charge in [-0.25, -0.2) is 0 Å². The Labute approximate surface area is 173 Å². The number of amides is 1. The Balaban J connectivity index is 1.48. The number of rotatable bonds is 9. The molecule has 0 radical (unpaired) electrons. The minimum absolute atomic E-state index is 0.0377. The van der Waals surface area contributed by atoms with E-state index >= 15 is 0 Å². The summed E-state index contributed by atoms with van der Waals surface area (Å²) in [6.07, 6.45) is 5.01. The molecule has 1 fully saturated rings. The molecular weight excluding hydrogens is 364 g/mol. The van der Waals surface area contributed by atoms with Crippen LogP contribution in [0.3, 0.4) is 0 Å². The topological polar surface area (TPSA) is 58.6 Å². The van der Waals surface area contributed by atoms with Crippen LogP contribution in [0.5, 0.6) is 5.75 Å². The first-order valence-corrected chi connectivity index (χ1v) is 10.6. The SMILES string of the molecule is CCCOc1ccc(C(=O)CCC(=O)Nc2cccc(N3CCCCC3)c2)cc1. The predicted molar refractivity (Wildman–Crippen MR) is 117 cm³/mol. The average molecular weight is 395 g/mol. The smallest absolute Gasteiger partial charge is 0.224 e. The van der Waals surface area contributed by atoms with Crippen molar-refractivity contribution in [3.05, 3.63) is 54.1 Å². The van der Waals surface area contributed by atoms with Crippen LogP contribution in [0.25, 0.3) is 0 Å². The van der Waals surface area contributed by atoms with E-state index in [1.165, 1.54) is 19.3 Å². The second-order valence-electron chi connectivity index (χ2n) is 7.44. The van der Waals surface area contributed by atoms with E-state index in [-0.39, 0.29) is 24.5 Å². The highest BCUT2D eigenvalue weighted by Gasteiger charge is 2.13. The maximum Gasteiger partial charge on any atom is 0.224 e. The van der Waals surface area contributed by atoms with Gasteiger partial charge in [-0.3, -0.25) is 9.59 Å². The molecule has 2 aromatic carbocycles. The van der Waals surface area contributed by atoms with Crippen LogP contribution in [-0.4, -0.2) is 31.4 Å². The Morgan fingerprint density at radius 1 is 1.00 bits per heavy atom. The zero-order valence-corrected chi connectivity index (χ0v) is 17.2. The molecule has 2 aromatic rings. The number of ketones is 1. The molecule has 0 bridgehead atoms. The fourth-order valence-electron chi connectivity index (χ4n) is 3.48. The van der Waals surface area contributed by atoms with E-state index in [1.54, 1.807) is 24.3 Å². The molecule has 0 atom stereocenters. The number of benzene rings is 2. The second-order valence-corrected chi connectivity index (χ2v) is 7.44. The van der Waals surface area contributed by atoms with Crippen molar-refractivity contribution in [3.63, 3.8) is 0 Å². The van der Waals surface area contributed by atoms with E-state index < -0.39 is 0 Å². The van der Waals surface area contributed by atoms with Gasteiger partial charge in [0.15, 0.2) is 5.78 Å². The Kier molecular flexibility index (Phi) is 7.68. The van der Waals surface area contributed by atoms with Crippen molar-refractivity contribution in [1.82, 2.24) is 0 Å². The molecule has 1 amide bonds. The molecule has 0 unspecified atom stereocenters. The molecule has 1 heterocycles. The normalized spacial score (nSPS) is 13.8. The van der Waals surface area contributed by atoms with Gasteiger partial charge < -0.3 is 15.0 Å². The van der Waals surface area contributed by atoms with Crippen LogP contribution in [0.1, 0.15) is 55.8 Å². The zero-order chi connectivity index (χ0) is 20.5. The van der Waals surface area contributed by atoms with Gasteiger partial charge in [-0.15, -0.1) is 0 Å². The van der Waals surface area contributed by atoms with E-state index in [0.29, 0.717) is 12.2 Å². The lowest BCUT2D eigenvalue weighted by molar-refractivity contribution is -0.116. The molecule has 0 spiro atoms. The molecule has 5 nitrogen and oxygen atoms in total. The summed E-state index contributed by atoms with van der Waals surface area (Å²) in [5.41, 5.74) is 2.53. The Hall–Kier alpha value is -2.82. The summed E-state index contributed by atoms with van der Waals surface area (Å²) in [7, 11) is 0. The van der Waals surface area contributed by atoms with Crippen molar-refractivity contribution >= 4 is 23.1 Å². The molecule has 154 valence electrons. The van der Waals surface area contributed by atoms with Gasteiger partial charge in [0, 0.05) is 42.9 Å². The molecule has 0 aromatic heterocycles. The highest BCUT2D eigenvalue weighted by Crippen LogP contribution is 2.23. The Morgan fingerprint density at radius 2 is 1.76 bits per heavy atom. The molecule has 0 aliphatic carbocycles. The molecule has 1 aliphatic heterocycles. The third kappa shape index (κ3) is 6.34. The van der Waals surface area contributed by atoms with Crippen LogP contribution in [-0.2, 0) is 4.79 Å². The summed E-state index contributed by atoms with van der Waals surface area (Å²) in [5.74, 6) is 0.580. The minimum Gasteiger partial charge on any atom is -0.494 e. The lowest BCUT2D eigenvalue weighted by atomic mass is 10.1. The molecule has 1 aliphatic rings. The van der Waals surface area contributed by atoms with Crippen LogP contribution in [0.2, 0.25) is 0 Å². The van der Waals surface area contributed by atoms with E-state index in [9.17, 15) is 9.59 Å². The fraction of sp³-hybridized carbons (Fsp3) is 0.417. The van der Waals surface area contributed by atoms with Gasteiger partial charge in [-0.1, -0.05) is 13.0 Å². The Morgan fingerprint density at radius 3 is 2.48 bits per heavy atom. The zero-order valence-electron chi connectivity index (χ0n) is 17.2. The molecule has 1 saturated heterocycles. The van der Waals surface area contributed by atoms with Crippen LogP contribution in [0.4, 0.5) is 11.4 Å². The lowest BCUT2D eigenvalue weighted by Gasteiger charge is -2.29. The molecule has 1 N–H and O–H groups in total. The number of carbonyl (C=O) groups is 2. The fourth-order valence-corrected chi connectivity index (χ4v) is 3.48. The second kappa shape index (κ2) is 10.6. The van der Waals surface area contributed by atoms with Gasteiger partial charge in [0.05, 0.1) is 6.61 Å². The molecule has 0 saturated carbocycles. The lowest BCUT2D eigenvalue weighted by Crippen LogP contribution is -2.29. The van der Waals surface area contributed by atoms with Crippen molar-refractivity contribution in [2.75, 3.05) is 29.9 Å². The van der Waals surface area contributed by atoms with Crippen molar-refractivity contribution in [2.24, 2.45) is 0 Å². The minimum atomic E-state index is -0.142. The number of nitrogens with one attached hydrogen (secondary N) is 1. The monoisotopic (exact) mass is 394 g/mol. The largest absolute Gasteiger partial charge is 0.494 e. The number of Topliss-reactive ketones (excluding diaryl/α,β-unsaturated/α-hetero) is 1. The quantitative estimate of drug-likeness (QED) is 0.604. The molecular formula is C24H30N2O3. The summed E-state index contributed by atoms with van der Waals surface area (Å²) in [5, 5.41) is 2.92. The van der Waals surface area contributed by atoms with E-state index in [0.717, 1.165) is 36.6 Å². The maximum atomic E-state index is 12.4. The van der Waals surface area contributed by atoms with Crippen LogP contribution in [0, 0.1) is 0 Å². The highest BCUT2D eigenvalue weighted by molar-refractivity contribution is 6.00. The summed E-state index contributed by atoms with van der Waals surface area (Å²) in [4.78, 5) is 27.0. The third-order valence-electron chi connectivity index (χ3n) is 5.08. The molecule has 29 heavy (non-hydrogen) atoms. The van der Waals surface area contributed by atoms with Crippen molar-refractivity contribution in [1.29, 1.82) is 0 Å². The van der Waals surface area contributed by atoms with Gasteiger partial charge in [0.25, 0.3) is 0 Å². The van der Waals surface area contributed by atoms with Crippen LogP contribution >= 0.6 is 0 Å². The Bertz CT molecular complexity index is 811. The number of hydrogen-bond donors (Lipinski definition) is 1. The number of anilines is 2. The summed E-state index contributed by atoms with van der Waals surface area (Å²) in [6, 6.07) is 15.1. The highest BCUT2D eigenvalue weighted by atomic mass is 16.5. The van der Waals surface area contributed by atoms with E-state index in [1.807, 2.05) is 25.1 Å². The van der Waals surface area contributed by atoms with Gasteiger partial charge in [0.1, 0.15) is 5.75 Å². The standard InChI is InChI=1S/C24H30N2O3/c1-2-17-29-22-11-9-19(10-12-22)23(27)13-14-24(28)25-20-7-6-8-21(18-20)26-15-4-3-5-16-26/h6-12,18H,2-5,13-17H2,1H3,(H,25,28). The summed E-state index contributed by atoms with van der Waals surface area (Å²) >= 11 is 0. The molecule has 3 rings (SSSR count). The van der Waals surface area contributed by atoms with Crippen molar-refractivity contribution in [2.45, 2.75) is 45.4 Å². The molecule has 5 heteroatoms. The summed E-state index contributed by atoms with van der Waals surface area (Å²) < 4.78 is 5.53.